The molecule has 0 spiro atoms. The Morgan fingerprint density at radius 1 is 0.375 bits per heavy atom. The zero-order valence-corrected chi connectivity index (χ0v) is 17.3. The molecule has 2 N–H and O–H groups in total. The standard InChI is InChI=1S/2C12H9N.C3H3N3/c2*1-3-7-11-9(5-1)10-6-2-4-8-12(10)13-11;1-2-4-6-5-3-1/h2*1-8,13H;1-3H. The third kappa shape index (κ3) is 4.04. The Balaban J connectivity index is 0.000000109. The summed E-state index contributed by atoms with van der Waals surface area (Å²) in [5.74, 6) is 0. The van der Waals surface area contributed by atoms with Crippen molar-refractivity contribution in [3.05, 3.63) is 116 Å². The molecule has 0 unspecified atom stereocenters. The van der Waals surface area contributed by atoms with Crippen LogP contribution in [0, 0.1) is 0 Å². The van der Waals surface area contributed by atoms with Gasteiger partial charge in [0.1, 0.15) is 0 Å². The van der Waals surface area contributed by atoms with Gasteiger partial charge in [-0.2, -0.15) is 0 Å². The van der Waals surface area contributed by atoms with Crippen LogP contribution in [0.25, 0.3) is 43.6 Å². The first kappa shape index (κ1) is 19.5. The number of hydrogen-bond acceptors (Lipinski definition) is 3. The number of nitrogens with one attached hydrogen (secondary N) is 2. The Hall–Kier alpha value is -4.51. The minimum Gasteiger partial charge on any atom is -0.355 e. The van der Waals surface area contributed by atoms with E-state index in [-0.39, 0.29) is 0 Å². The lowest BCUT2D eigenvalue weighted by Crippen LogP contribution is -1.78. The highest BCUT2D eigenvalue weighted by Gasteiger charge is 2.01. The molecule has 3 aromatic heterocycles. The summed E-state index contributed by atoms with van der Waals surface area (Å²) in [6.07, 6.45) is 3.15. The quantitative estimate of drug-likeness (QED) is 0.296. The fraction of sp³-hybridized carbons (Fsp3) is 0. The van der Waals surface area contributed by atoms with E-state index in [0.717, 1.165) is 0 Å². The van der Waals surface area contributed by atoms with Crippen molar-refractivity contribution in [3.63, 3.8) is 0 Å². The van der Waals surface area contributed by atoms with Crippen molar-refractivity contribution < 1.29 is 0 Å². The predicted molar refractivity (Wildman–Crippen MR) is 131 cm³/mol. The second-order valence-electron chi connectivity index (χ2n) is 7.24. The SMILES string of the molecule is c1ccc2c(c1)[nH]c1ccccc12.c1ccc2c(c1)[nH]c1ccccc12.c1cnnnc1. The number of hydrogen-bond donors (Lipinski definition) is 2. The van der Waals surface area contributed by atoms with Crippen molar-refractivity contribution >= 4 is 43.6 Å². The van der Waals surface area contributed by atoms with E-state index in [1.165, 1.54) is 43.6 Å². The van der Waals surface area contributed by atoms with E-state index in [9.17, 15) is 0 Å². The Morgan fingerprint density at radius 3 is 0.938 bits per heavy atom. The first-order chi connectivity index (χ1) is 15.9. The summed E-state index contributed by atoms with van der Waals surface area (Å²) in [6.45, 7) is 0. The van der Waals surface area contributed by atoms with Crippen LogP contribution in [0.15, 0.2) is 116 Å². The summed E-state index contributed by atoms with van der Waals surface area (Å²) < 4.78 is 0. The number of aromatic amines is 2. The number of nitrogens with zero attached hydrogens (tertiary/aromatic N) is 3. The molecule has 4 aromatic carbocycles. The largest absolute Gasteiger partial charge is 0.355 e. The minimum atomic E-state index is 1.21. The van der Waals surface area contributed by atoms with Gasteiger partial charge < -0.3 is 9.97 Å². The van der Waals surface area contributed by atoms with Crippen LogP contribution in [0.1, 0.15) is 0 Å². The first-order valence-electron chi connectivity index (χ1n) is 10.4. The van der Waals surface area contributed by atoms with Crippen LogP contribution in [-0.4, -0.2) is 25.4 Å². The summed E-state index contributed by atoms with van der Waals surface area (Å²) in [5.41, 5.74) is 4.85. The highest BCUT2D eigenvalue weighted by atomic mass is 15.3. The van der Waals surface area contributed by atoms with E-state index in [4.69, 9.17) is 0 Å². The van der Waals surface area contributed by atoms with Crippen molar-refractivity contribution in [3.8, 4) is 0 Å². The van der Waals surface area contributed by atoms with Crippen LogP contribution in [0.4, 0.5) is 0 Å². The van der Waals surface area contributed by atoms with Crippen molar-refractivity contribution in [2.75, 3.05) is 0 Å². The highest BCUT2D eigenvalue weighted by molar-refractivity contribution is 6.07. The third-order valence-corrected chi connectivity index (χ3v) is 5.24. The van der Waals surface area contributed by atoms with Gasteiger partial charge in [-0.05, 0) is 35.5 Å². The molecule has 0 bridgehead atoms. The molecule has 0 aliphatic heterocycles. The average molecular weight is 416 g/mol. The molecule has 0 aliphatic rings. The van der Waals surface area contributed by atoms with Gasteiger partial charge in [0, 0.05) is 43.6 Å². The maximum absolute atomic E-state index is 3.42. The molecule has 3 heterocycles. The van der Waals surface area contributed by atoms with Crippen LogP contribution in [0.5, 0.6) is 0 Å². The van der Waals surface area contributed by atoms with E-state index >= 15 is 0 Å². The number of rotatable bonds is 0. The molecule has 7 aromatic rings. The summed E-state index contributed by atoms with van der Waals surface area (Å²) in [7, 11) is 0. The first-order valence-corrected chi connectivity index (χ1v) is 10.4. The van der Waals surface area contributed by atoms with Gasteiger partial charge in [0.25, 0.3) is 0 Å². The number of aromatic nitrogens is 5. The number of H-pyrrole nitrogens is 2. The van der Waals surface area contributed by atoms with Gasteiger partial charge in [0.05, 0.1) is 12.4 Å². The number of fused-ring (bicyclic) bond motifs is 6. The van der Waals surface area contributed by atoms with Gasteiger partial charge in [0.15, 0.2) is 0 Å². The lowest BCUT2D eigenvalue weighted by Gasteiger charge is -1.87. The van der Waals surface area contributed by atoms with E-state index < -0.39 is 0 Å². The lowest BCUT2D eigenvalue weighted by molar-refractivity contribution is 0.865. The molecule has 0 aliphatic carbocycles. The van der Waals surface area contributed by atoms with Crippen molar-refractivity contribution in [2.24, 2.45) is 0 Å². The van der Waals surface area contributed by atoms with Crippen molar-refractivity contribution in [1.29, 1.82) is 0 Å². The van der Waals surface area contributed by atoms with Crippen molar-refractivity contribution in [2.45, 2.75) is 0 Å². The fourth-order valence-electron chi connectivity index (χ4n) is 3.80. The normalized spacial score (nSPS) is 10.5. The predicted octanol–water partition coefficient (Wildman–Crippen LogP) is 6.51. The Bertz CT molecular complexity index is 1350. The molecule has 5 nitrogen and oxygen atoms in total. The molecular formula is C27H21N5. The summed E-state index contributed by atoms with van der Waals surface area (Å²) in [4.78, 5) is 6.76. The minimum absolute atomic E-state index is 1.21. The van der Waals surface area contributed by atoms with E-state index in [1.807, 2.05) is 0 Å². The topological polar surface area (TPSA) is 70.2 Å². The molecule has 154 valence electrons. The lowest BCUT2D eigenvalue weighted by atomic mass is 10.2. The van der Waals surface area contributed by atoms with Gasteiger partial charge in [0.2, 0.25) is 0 Å². The van der Waals surface area contributed by atoms with E-state index in [2.05, 4.69) is 122 Å². The van der Waals surface area contributed by atoms with Gasteiger partial charge in [-0.25, -0.2) is 0 Å². The van der Waals surface area contributed by atoms with Gasteiger partial charge in [-0.15, -0.1) is 10.2 Å². The smallest absolute Gasteiger partial charge is 0.0529 e. The number of benzene rings is 4. The summed E-state index contributed by atoms with van der Waals surface area (Å²) >= 11 is 0. The fourth-order valence-corrected chi connectivity index (χ4v) is 3.80. The Morgan fingerprint density at radius 2 is 0.688 bits per heavy atom. The van der Waals surface area contributed by atoms with Crippen LogP contribution >= 0.6 is 0 Å². The molecule has 0 amide bonds. The van der Waals surface area contributed by atoms with E-state index in [1.54, 1.807) is 18.5 Å². The molecule has 5 heteroatoms. The molecule has 0 radical (unpaired) electrons. The molecule has 32 heavy (non-hydrogen) atoms. The van der Waals surface area contributed by atoms with Crippen LogP contribution in [-0.2, 0) is 0 Å². The molecule has 0 atom stereocenters. The van der Waals surface area contributed by atoms with E-state index in [0.29, 0.717) is 0 Å². The van der Waals surface area contributed by atoms with Gasteiger partial charge in [-0.1, -0.05) is 72.8 Å². The summed E-state index contributed by atoms with van der Waals surface area (Å²) in [6, 6.07) is 35.2. The van der Waals surface area contributed by atoms with Gasteiger partial charge in [-0.3, -0.25) is 0 Å². The van der Waals surface area contributed by atoms with Crippen LogP contribution in [0.3, 0.4) is 0 Å². The number of para-hydroxylation sites is 4. The second-order valence-corrected chi connectivity index (χ2v) is 7.24. The molecule has 7 rings (SSSR count). The molecular weight excluding hydrogens is 394 g/mol. The summed E-state index contributed by atoms with van der Waals surface area (Å²) in [5, 5.41) is 15.3. The zero-order chi connectivity index (χ0) is 21.6. The highest BCUT2D eigenvalue weighted by Crippen LogP contribution is 2.25. The van der Waals surface area contributed by atoms with Gasteiger partial charge >= 0.3 is 0 Å². The molecule has 0 fully saturated rings. The van der Waals surface area contributed by atoms with Crippen LogP contribution in [0.2, 0.25) is 0 Å². The Kier molecular flexibility index (Phi) is 5.53. The second kappa shape index (κ2) is 9.10. The monoisotopic (exact) mass is 415 g/mol. The maximum Gasteiger partial charge on any atom is 0.0529 e. The molecule has 0 saturated heterocycles. The Labute approximate surface area is 184 Å². The average Bonchev–Trinajstić information content (AvgIpc) is 3.44. The molecule has 0 saturated carbocycles. The zero-order valence-electron chi connectivity index (χ0n) is 17.3. The maximum atomic E-state index is 3.42. The van der Waals surface area contributed by atoms with Crippen LogP contribution < -0.4 is 0 Å². The third-order valence-electron chi connectivity index (χ3n) is 5.24. The van der Waals surface area contributed by atoms with Crippen molar-refractivity contribution in [1.82, 2.24) is 25.4 Å².